The molecule has 5 nitrogen and oxygen atoms in total. The van der Waals surface area contributed by atoms with E-state index in [9.17, 15) is 9.59 Å². The zero-order chi connectivity index (χ0) is 12.1. The van der Waals surface area contributed by atoms with Crippen LogP contribution in [0.25, 0.3) is 0 Å². The van der Waals surface area contributed by atoms with Crippen molar-refractivity contribution in [2.24, 2.45) is 17.6 Å². The highest BCUT2D eigenvalue weighted by atomic mass is 16.4. The Labute approximate surface area is 95.4 Å². The van der Waals surface area contributed by atoms with Crippen molar-refractivity contribution in [1.82, 2.24) is 5.32 Å². The van der Waals surface area contributed by atoms with Crippen LogP contribution < -0.4 is 11.1 Å². The molecule has 5 heteroatoms. The third-order valence-electron chi connectivity index (χ3n) is 3.28. The lowest BCUT2D eigenvalue weighted by Crippen LogP contribution is -2.40. The molecule has 16 heavy (non-hydrogen) atoms. The number of carboxylic acids is 1. The zero-order valence-electron chi connectivity index (χ0n) is 9.61. The predicted molar refractivity (Wildman–Crippen MR) is 59.7 cm³/mol. The average Bonchev–Trinajstić information content (AvgIpc) is 2.68. The van der Waals surface area contributed by atoms with Crippen LogP contribution >= 0.6 is 0 Å². The second kappa shape index (κ2) is 5.84. The maximum absolute atomic E-state index is 11.7. The van der Waals surface area contributed by atoms with Crippen molar-refractivity contribution in [3.8, 4) is 0 Å². The minimum Gasteiger partial charge on any atom is -0.481 e. The first-order valence-corrected chi connectivity index (χ1v) is 5.81. The van der Waals surface area contributed by atoms with Gasteiger partial charge in [-0.1, -0.05) is 6.92 Å². The molecule has 0 bridgehead atoms. The van der Waals surface area contributed by atoms with Gasteiger partial charge in [0.2, 0.25) is 5.91 Å². The minimum absolute atomic E-state index is 0.00852. The molecule has 4 N–H and O–H groups in total. The third-order valence-corrected chi connectivity index (χ3v) is 3.28. The van der Waals surface area contributed by atoms with Crippen LogP contribution in [0.5, 0.6) is 0 Å². The van der Waals surface area contributed by atoms with Crippen LogP contribution in [0.2, 0.25) is 0 Å². The monoisotopic (exact) mass is 228 g/mol. The van der Waals surface area contributed by atoms with E-state index in [1.165, 1.54) is 0 Å². The fraction of sp³-hybridized carbons (Fsp3) is 0.818. The van der Waals surface area contributed by atoms with E-state index in [1.54, 1.807) is 0 Å². The molecule has 1 rings (SSSR count). The van der Waals surface area contributed by atoms with Gasteiger partial charge in [0.05, 0.1) is 5.92 Å². The number of rotatable bonds is 5. The van der Waals surface area contributed by atoms with Gasteiger partial charge < -0.3 is 16.2 Å². The Kier molecular flexibility index (Phi) is 4.73. The molecule has 0 aliphatic heterocycles. The van der Waals surface area contributed by atoms with Crippen LogP contribution in [-0.2, 0) is 9.59 Å². The standard InChI is InChI=1S/C11H20N2O3/c1-2-7(6-12)10(14)13-9-4-3-8(5-9)11(15)16/h7-9H,2-6,12H2,1H3,(H,13,14)(H,15,16). The highest BCUT2D eigenvalue weighted by Crippen LogP contribution is 2.25. The quantitative estimate of drug-likeness (QED) is 0.632. The molecule has 3 unspecified atom stereocenters. The van der Waals surface area contributed by atoms with E-state index in [2.05, 4.69) is 5.32 Å². The average molecular weight is 228 g/mol. The van der Waals surface area contributed by atoms with Crippen LogP contribution in [-0.4, -0.2) is 29.6 Å². The van der Waals surface area contributed by atoms with Gasteiger partial charge in [0.15, 0.2) is 0 Å². The first kappa shape index (κ1) is 13.0. The molecule has 0 heterocycles. The second-order valence-electron chi connectivity index (χ2n) is 4.39. The van der Waals surface area contributed by atoms with Gasteiger partial charge in [-0.05, 0) is 25.7 Å². The van der Waals surface area contributed by atoms with E-state index in [1.807, 2.05) is 6.92 Å². The maximum Gasteiger partial charge on any atom is 0.306 e. The molecule has 0 saturated heterocycles. The molecule has 0 spiro atoms. The summed E-state index contributed by atoms with van der Waals surface area (Å²) in [6.45, 7) is 2.27. The molecule has 1 aliphatic rings. The number of carbonyl (C=O) groups excluding carboxylic acids is 1. The molecule has 92 valence electrons. The van der Waals surface area contributed by atoms with Crippen LogP contribution in [0.4, 0.5) is 0 Å². The zero-order valence-corrected chi connectivity index (χ0v) is 9.61. The highest BCUT2D eigenvalue weighted by molar-refractivity contribution is 5.79. The summed E-state index contributed by atoms with van der Waals surface area (Å²) in [4.78, 5) is 22.4. The Balaban J connectivity index is 2.39. The van der Waals surface area contributed by atoms with Crippen LogP contribution in [0.1, 0.15) is 32.6 Å². The summed E-state index contributed by atoms with van der Waals surface area (Å²) >= 11 is 0. The van der Waals surface area contributed by atoms with Gasteiger partial charge in [0.1, 0.15) is 0 Å². The lowest BCUT2D eigenvalue weighted by Gasteiger charge is -2.17. The molecule has 0 aromatic rings. The first-order chi connectivity index (χ1) is 7.58. The van der Waals surface area contributed by atoms with Crippen LogP contribution in [0.3, 0.4) is 0 Å². The first-order valence-electron chi connectivity index (χ1n) is 5.81. The molecule has 0 radical (unpaired) electrons. The Hall–Kier alpha value is -1.10. The van der Waals surface area contributed by atoms with E-state index in [0.29, 0.717) is 19.4 Å². The topological polar surface area (TPSA) is 92.4 Å². The molecule has 0 aromatic carbocycles. The van der Waals surface area contributed by atoms with Gasteiger partial charge in [-0.25, -0.2) is 0 Å². The fourth-order valence-corrected chi connectivity index (χ4v) is 2.12. The smallest absolute Gasteiger partial charge is 0.306 e. The summed E-state index contributed by atoms with van der Waals surface area (Å²) < 4.78 is 0. The number of hydrogen-bond donors (Lipinski definition) is 3. The Bertz CT molecular complexity index is 264. The van der Waals surface area contributed by atoms with Gasteiger partial charge in [-0.3, -0.25) is 9.59 Å². The summed E-state index contributed by atoms with van der Waals surface area (Å²) in [7, 11) is 0. The summed E-state index contributed by atoms with van der Waals surface area (Å²) in [6.07, 6.45) is 2.67. The van der Waals surface area contributed by atoms with Crippen molar-refractivity contribution in [3.63, 3.8) is 0 Å². The highest BCUT2D eigenvalue weighted by Gasteiger charge is 2.31. The number of nitrogens with one attached hydrogen (secondary N) is 1. The van der Waals surface area contributed by atoms with E-state index in [4.69, 9.17) is 10.8 Å². The normalized spacial score (nSPS) is 26.4. The second-order valence-corrected chi connectivity index (χ2v) is 4.39. The van der Waals surface area contributed by atoms with Gasteiger partial charge in [0.25, 0.3) is 0 Å². The van der Waals surface area contributed by atoms with Gasteiger partial charge in [-0.2, -0.15) is 0 Å². The summed E-state index contributed by atoms with van der Waals surface area (Å²) in [6, 6.07) is 0.00852. The summed E-state index contributed by atoms with van der Waals surface area (Å²) in [5, 5.41) is 11.7. The van der Waals surface area contributed by atoms with E-state index < -0.39 is 5.97 Å². The van der Waals surface area contributed by atoms with E-state index in [0.717, 1.165) is 12.8 Å². The molecule has 3 atom stereocenters. The number of carbonyl (C=O) groups is 2. The van der Waals surface area contributed by atoms with Crippen LogP contribution in [0, 0.1) is 11.8 Å². The molecule has 0 aromatic heterocycles. The Morgan fingerprint density at radius 2 is 2.19 bits per heavy atom. The molecular weight excluding hydrogens is 208 g/mol. The number of hydrogen-bond acceptors (Lipinski definition) is 3. The van der Waals surface area contributed by atoms with Crippen molar-refractivity contribution < 1.29 is 14.7 Å². The maximum atomic E-state index is 11.7. The summed E-state index contributed by atoms with van der Waals surface area (Å²) in [5.74, 6) is -1.25. The fourth-order valence-electron chi connectivity index (χ4n) is 2.12. The third kappa shape index (κ3) is 3.20. The molecule has 1 fully saturated rings. The van der Waals surface area contributed by atoms with Crippen LogP contribution in [0.15, 0.2) is 0 Å². The Morgan fingerprint density at radius 1 is 1.50 bits per heavy atom. The SMILES string of the molecule is CCC(CN)C(=O)NC1CCC(C(=O)O)C1. The van der Waals surface area contributed by atoms with E-state index in [-0.39, 0.29) is 23.8 Å². The molecular formula is C11H20N2O3. The molecule has 1 aliphatic carbocycles. The van der Waals surface area contributed by atoms with E-state index >= 15 is 0 Å². The lowest BCUT2D eigenvalue weighted by molar-refractivity contribution is -0.141. The van der Waals surface area contributed by atoms with Gasteiger partial charge >= 0.3 is 5.97 Å². The number of nitrogens with two attached hydrogens (primary N) is 1. The predicted octanol–water partition coefficient (Wildman–Crippen LogP) is 0.341. The molecule has 1 saturated carbocycles. The minimum atomic E-state index is -0.761. The van der Waals surface area contributed by atoms with Crippen molar-refractivity contribution in [1.29, 1.82) is 0 Å². The van der Waals surface area contributed by atoms with Crippen molar-refractivity contribution in [2.45, 2.75) is 38.6 Å². The van der Waals surface area contributed by atoms with Crippen molar-refractivity contribution in [2.75, 3.05) is 6.54 Å². The number of amides is 1. The van der Waals surface area contributed by atoms with Crippen molar-refractivity contribution in [3.05, 3.63) is 0 Å². The molecule has 1 amide bonds. The largest absolute Gasteiger partial charge is 0.481 e. The Morgan fingerprint density at radius 3 is 2.62 bits per heavy atom. The van der Waals surface area contributed by atoms with Gasteiger partial charge in [0, 0.05) is 18.5 Å². The lowest BCUT2D eigenvalue weighted by atomic mass is 10.1. The summed E-state index contributed by atoms with van der Waals surface area (Å²) in [5.41, 5.74) is 5.48. The van der Waals surface area contributed by atoms with Crippen molar-refractivity contribution >= 4 is 11.9 Å². The number of aliphatic carboxylic acids is 1. The van der Waals surface area contributed by atoms with Gasteiger partial charge in [-0.15, -0.1) is 0 Å². The number of carboxylic acid groups (broad SMARTS) is 1.